The summed E-state index contributed by atoms with van der Waals surface area (Å²) in [7, 11) is 0. The highest BCUT2D eigenvalue weighted by molar-refractivity contribution is 5.52. The van der Waals surface area contributed by atoms with Crippen LogP contribution in [-0.4, -0.2) is 38.2 Å². The molecule has 0 unspecified atom stereocenters. The van der Waals surface area contributed by atoms with Gasteiger partial charge in [-0.05, 0) is 45.7 Å². The van der Waals surface area contributed by atoms with Crippen LogP contribution in [-0.2, 0) is 14.2 Å². The van der Waals surface area contributed by atoms with Crippen molar-refractivity contribution in [2.75, 3.05) is 0 Å². The van der Waals surface area contributed by atoms with Gasteiger partial charge in [0.1, 0.15) is 24.6 Å². The van der Waals surface area contributed by atoms with E-state index >= 15 is 0 Å². The zero-order valence-electron chi connectivity index (χ0n) is 14.9. The van der Waals surface area contributed by atoms with Crippen molar-refractivity contribution in [1.29, 1.82) is 0 Å². The lowest BCUT2D eigenvalue weighted by molar-refractivity contribution is -0.212. The Hall–Kier alpha value is -1.50. The molecule has 2 aromatic heterocycles. The summed E-state index contributed by atoms with van der Waals surface area (Å²) in [5.41, 5.74) is 2.62. The number of rotatable bonds is 3. The molecule has 0 saturated carbocycles. The van der Waals surface area contributed by atoms with Crippen LogP contribution in [0.2, 0.25) is 0 Å². The highest BCUT2D eigenvalue weighted by atomic mass is 16.8. The van der Waals surface area contributed by atoms with Crippen molar-refractivity contribution in [3.63, 3.8) is 0 Å². The number of ether oxygens (including phenoxy) is 3. The Balaban J connectivity index is 1.81. The fourth-order valence-corrected chi connectivity index (χ4v) is 4.15. The highest BCUT2D eigenvalue weighted by Crippen LogP contribution is 2.52. The molecule has 2 aliphatic rings. The maximum atomic E-state index is 6.57. The van der Waals surface area contributed by atoms with E-state index in [0.29, 0.717) is 0 Å². The van der Waals surface area contributed by atoms with Crippen LogP contribution in [0.5, 0.6) is 0 Å². The molecule has 6 heteroatoms. The lowest BCUT2D eigenvalue weighted by Crippen LogP contribution is -2.42. The van der Waals surface area contributed by atoms with Crippen molar-refractivity contribution in [1.82, 2.24) is 14.6 Å². The van der Waals surface area contributed by atoms with Gasteiger partial charge < -0.3 is 14.2 Å². The number of aromatic nitrogens is 3. The number of aryl methyl sites for hydroxylation is 1. The van der Waals surface area contributed by atoms with Crippen molar-refractivity contribution in [3.05, 3.63) is 29.8 Å². The minimum atomic E-state index is -0.592. The van der Waals surface area contributed by atoms with E-state index in [1.165, 1.54) is 0 Å². The van der Waals surface area contributed by atoms with Crippen LogP contribution in [0.3, 0.4) is 0 Å². The lowest BCUT2D eigenvalue weighted by atomic mass is 9.89. The minimum Gasteiger partial charge on any atom is -0.360 e. The standard InChI is InChI=1S/C18H25N3O3/c1-6-18(7-2)16-15(22-17(4,5)24-16)14(23-18)13-9-8-12-11(3)19-10-20-21(12)13/h8-10,14-16H,6-7H2,1-5H3/t14-,15-,16-/m0/s1. The molecule has 4 heterocycles. The zero-order chi connectivity index (χ0) is 17.1. The molecule has 2 fully saturated rings. The van der Waals surface area contributed by atoms with Gasteiger partial charge in [-0.2, -0.15) is 5.10 Å². The monoisotopic (exact) mass is 331 g/mol. The highest BCUT2D eigenvalue weighted by Gasteiger charge is 2.62. The first-order valence-corrected chi connectivity index (χ1v) is 8.73. The van der Waals surface area contributed by atoms with Crippen LogP contribution in [0, 0.1) is 6.92 Å². The van der Waals surface area contributed by atoms with Crippen LogP contribution in [0.1, 0.15) is 58.0 Å². The molecule has 2 saturated heterocycles. The lowest BCUT2D eigenvalue weighted by Gasteiger charge is -2.33. The largest absolute Gasteiger partial charge is 0.360 e. The first-order valence-electron chi connectivity index (χ1n) is 8.73. The van der Waals surface area contributed by atoms with Gasteiger partial charge in [-0.25, -0.2) is 9.50 Å². The normalized spacial score (nSPS) is 30.8. The molecule has 0 N–H and O–H groups in total. The molecular weight excluding hydrogens is 306 g/mol. The molecule has 0 spiro atoms. The smallest absolute Gasteiger partial charge is 0.164 e. The maximum Gasteiger partial charge on any atom is 0.164 e. The number of fused-ring (bicyclic) bond motifs is 2. The van der Waals surface area contributed by atoms with Crippen molar-refractivity contribution in [2.24, 2.45) is 0 Å². The van der Waals surface area contributed by atoms with E-state index in [0.717, 1.165) is 29.7 Å². The SMILES string of the molecule is CCC1(CC)O[C@@H](c2ccc3c(C)ncnn23)[C@@H]2OC(C)(C)O[C@@H]21. The summed E-state index contributed by atoms with van der Waals surface area (Å²) in [6.07, 6.45) is 2.96. The fourth-order valence-electron chi connectivity index (χ4n) is 4.15. The van der Waals surface area contributed by atoms with Gasteiger partial charge in [-0.3, -0.25) is 0 Å². The summed E-state index contributed by atoms with van der Waals surface area (Å²) < 4.78 is 21.0. The first kappa shape index (κ1) is 16.0. The Morgan fingerprint density at radius 3 is 2.58 bits per heavy atom. The molecule has 24 heavy (non-hydrogen) atoms. The van der Waals surface area contributed by atoms with Crippen LogP contribution in [0.25, 0.3) is 5.52 Å². The van der Waals surface area contributed by atoms with E-state index in [4.69, 9.17) is 14.2 Å². The summed E-state index contributed by atoms with van der Waals surface area (Å²) >= 11 is 0. The van der Waals surface area contributed by atoms with Gasteiger partial charge >= 0.3 is 0 Å². The Labute approximate surface area is 142 Å². The Kier molecular flexibility index (Phi) is 3.50. The number of nitrogens with zero attached hydrogens (tertiary/aromatic N) is 3. The number of hydrogen-bond donors (Lipinski definition) is 0. The summed E-state index contributed by atoms with van der Waals surface area (Å²) in [5.74, 6) is -0.592. The van der Waals surface area contributed by atoms with Gasteiger partial charge in [0, 0.05) is 0 Å². The van der Waals surface area contributed by atoms with E-state index in [1.807, 2.05) is 31.4 Å². The molecule has 6 nitrogen and oxygen atoms in total. The third-order valence-electron chi connectivity index (χ3n) is 5.47. The zero-order valence-corrected chi connectivity index (χ0v) is 14.9. The summed E-state index contributed by atoms with van der Waals surface area (Å²) in [5, 5.41) is 4.43. The molecule has 130 valence electrons. The molecule has 2 aromatic rings. The van der Waals surface area contributed by atoms with Crippen molar-refractivity contribution in [3.8, 4) is 0 Å². The van der Waals surface area contributed by atoms with Gasteiger partial charge in [-0.1, -0.05) is 13.8 Å². The van der Waals surface area contributed by atoms with Crippen molar-refractivity contribution in [2.45, 2.75) is 77.2 Å². The van der Waals surface area contributed by atoms with Crippen LogP contribution in [0.4, 0.5) is 0 Å². The first-order chi connectivity index (χ1) is 11.4. The van der Waals surface area contributed by atoms with Crippen LogP contribution in [0.15, 0.2) is 18.5 Å². The topological polar surface area (TPSA) is 57.9 Å². The molecule has 0 bridgehead atoms. The Bertz CT molecular complexity index is 766. The minimum absolute atomic E-state index is 0.0685. The van der Waals surface area contributed by atoms with Crippen LogP contribution < -0.4 is 0 Å². The van der Waals surface area contributed by atoms with Crippen molar-refractivity contribution < 1.29 is 14.2 Å². The molecule has 3 atom stereocenters. The Morgan fingerprint density at radius 1 is 1.12 bits per heavy atom. The predicted octanol–water partition coefficient (Wildman–Crippen LogP) is 3.19. The molecule has 0 aliphatic carbocycles. The van der Waals surface area contributed by atoms with E-state index in [9.17, 15) is 0 Å². The van der Waals surface area contributed by atoms with Gasteiger partial charge in [0.15, 0.2) is 5.79 Å². The molecule has 0 aromatic carbocycles. The summed E-state index contributed by atoms with van der Waals surface area (Å²) in [6, 6.07) is 4.11. The van der Waals surface area contributed by atoms with E-state index in [-0.39, 0.29) is 23.9 Å². The van der Waals surface area contributed by atoms with Crippen LogP contribution >= 0.6 is 0 Å². The average molecular weight is 331 g/mol. The predicted molar refractivity (Wildman–Crippen MR) is 88.7 cm³/mol. The van der Waals surface area contributed by atoms with Gasteiger partial charge in [0.25, 0.3) is 0 Å². The Morgan fingerprint density at radius 2 is 1.88 bits per heavy atom. The van der Waals surface area contributed by atoms with E-state index in [2.05, 4.69) is 30.0 Å². The van der Waals surface area contributed by atoms with Gasteiger partial charge in [0.05, 0.1) is 22.5 Å². The molecule has 0 amide bonds. The third kappa shape index (κ3) is 2.13. The molecular formula is C18H25N3O3. The summed E-state index contributed by atoms with van der Waals surface area (Å²) in [4.78, 5) is 4.27. The second-order valence-electron chi connectivity index (χ2n) is 7.23. The molecule has 4 rings (SSSR count). The van der Waals surface area contributed by atoms with Crippen molar-refractivity contribution >= 4 is 5.52 Å². The molecule has 2 aliphatic heterocycles. The maximum absolute atomic E-state index is 6.57. The van der Waals surface area contributed by atoms with E-state index < -0.39 is 5.79 Å². The summed E-state index contributed by atoms with van der Waals surface area (Å²) in [6.45, 7) is 10.2. The second-order valence-corrected chi connectivity index (χ2v) is 7.23. The van der Waals surface area contributed by atoms with E-state index in [1.54, 1.807) is 6.33 Å². The quantitative estimate of drug-likeness (QED) is 0.864. The second kappa shape index (κ2) is 5.25. The van der Waals surface area contributed by atoms with Gasteiger partial charge in [0.2, 0.25) is 0 Å². The third-order valence-corrected chi connectivity index (χ3v) is 5.47. The number of hydrogen-bond acceptors (Lipinski definition) is 5. The molecule has 0 radical (unpaired) electrons. The van der Waals surface area contributed by atoms with Gasteiger partial charge in [-0.15, -0.1) is 0 Å². The fraction of sp³-hybridized carbons (Fsp3) is 0.667. The average Bonchev–Trinajstić information content (AvgIpc) is 3.18.